The topological polar surface area (TPSA) is 48.2 Å². The summed E-state index contributed by atoms with van der Waals surface area (Å²) in [5.41, 5.74) is 1.89. The van der Waals surface area contributed by atoms with Crippen LogP contribution in [0.15, 0.2) is 47.0 Å². The van der Waals surface area contributed by atoms with Gasteiger partial charge in [-0.2, -0.15) is 4.98 Å². The van der Waals surface area contributed by atoms with Gasteiger partial charge in [-0.05, 0) is 36.8 Å². The van der Waals surface area contributed by atoms with E-state index in [9.17, 15) is 4.39 Å². The zero-order valence-corrected chi connectivity index (χ0v) is 12.5. The first kappa shape index (κ1) is 14.5. The number of aromatic nitrogens is 2. The molecule has 0 saturated heterocycles. The van der Waals surface area contributed by atoms with Crippen LogP contribution in [0.2, 0.25) is 5.02 Å². The lowest BCUT2D eigenvalue weighted by Crippen LogP contribution is -1.99. The van der Waals surface area contributed by atoms with Gasteiger partial charge in [-0.1, -0.05) is 35.0 Å². The Hall–Kier alpha value is -2.40. The SMILES string of the molecule is Cc1ccccc1-c1nc(COc2ccc(Cl)cc2F)no1. The number of ether oxygens (including phenoxy) is 1. The maximum Gasteiger partial charge on any atom is 0.258 e. The fourth-order valence-corrected chi connectivity index (χ4v) is 2.13. The van der Waals surface area contributed by atoms with Gasteiger partial charge in [-0.25, -0.2) is 4.39 Å². The second-order valence-corrected chi connectivity index (χ2v) is 5.13. The van der Waals surface area contributed by atoms with E-state index in [2.05, 4.69) is 10.1 Å². The lowest BCUT2D eigenvalue weighted by Gasteiger charge is -2.04. The van der Waals surface area contributed by atoms with E-state index in [1.165, 1.54) is 12.1 Å². The van der Waals surface area contributed by atoms with E-state index >= 15 is 0 Å². The van der Waals surface area contributed by atoms with Crippen molar-refractivity contribution in [2.75, 3.05) is 0 Å². The molecule has 0 aliphatic heterocycles. The number of hydrogen-bond acceptors (Lipinski definition) is 4. The molecule has 0 amide bonds. The van der Waals surface area contributed by atoms with Crippen LogP contribution >= 0.6 is 11.6 Å². The van der Waals surface area contributed by atoms with Crippen molar-refractivity contribution < 1.29 is 13.7 Å². The minimum absolute atomic E-state index is 0.00787. The molecule has 0 atom stereocenters. The molecule has 3 rings (SSSR count). The monoisotopic (exact) mass is 318 g/mol. The zero-order valence-electron chi connectivity index (χ0n) is 11.7. The molecule has 0 saturated carbocycles. The largest absolute Gasteiger partial charge is 0.482 e. The van der Waals surface area contributed by atoms with Crippen molar-refractivity contribution in [2.45, 2.75) is 13.5 Å². The summed E-state index contributed by atoms with van der Waals surface area (Å²) in [5, 5.41) is 4.15. The van der Waals surface area contributed by atoms with Gasteiger partial charge in [0.15, 0.2) is 18.2 Å². The van der Waals surface area contributed by atoms with Crippen molar-refractivity contribution in [1.82, 2.24) is 10.1 Å². The number of benzene rings is 2. The van der Waals surface area contributed by atoms with Crippen LogP contribution in [0.4, 0.5) is 4.39 Å². The van der Waals surface area contributed by atoms with E-state index in [4.69, 9.17) is 20.9 Å². The van der Waals surface area contributed by atoms with Crippen molar-refractivity contribution in [2.24, 2.45) is 0 Å². The van der Waals surface area contributed by atoms with Gasteiger partial charge in [-0.3, -0.25) is 0 Å². The van der Waals surface area contributed by atoms with Crippen LogP contribution in [0, 0.1) is 12.7 Å². The molecule has 0 fully saturated rings. The lowest BCUT2D eigenvalue weighted by atomic mass is 10.1. The van der Waals surface area contributed by atoms with E-state index in [-0.39, 0.29) is 12.4 Å². The molecule has 2 aromatic carbocycles. The summed E-state index contributed by atoms with van der Waals surface area (Å²) in [4.78, 5) is 4.25. The molecule has 0 radical (unpaired) electrons. The Morgan fingerprint density at radius 1 is 1.23 bits per heavy atom. The van der Waals surface area contributed by atoms with Crippen LogP contribution in [0.25, 0.3) is 11.5 Å². The molecule has 3 aromatic rings. The molecule has 0 spiro atoms. The van der Waals surface area contributed by atoms with Gasteiger partial charge in [0.05, 0.1) is 0 Å². The summed E-state index contributed by atoms with van der Waals surface area (Å²) in [6, 6.07) is 11.9. The highest BCUT2D eigenvalue weighted by atomic mass is 35.5. The third-order valence-electron chi connectivity index (χ3n) is 3.09. The Morgan fingerprint density at radius 3 is 2.82 bits per heavy atom. The lowest BCUT2D eigenvalue weighted by molar-refractivity contribution is 0.274. The summed E-state index contributed by atoms with van der Waals surface area (Å²) >= 11 is 5.68. The van der Waals surface area contributed by atoms with Crippen LogP contribution in [-0.4, -0.2) is 10.1 Å². The number of nitrogens with zero attached hydrogens (tertiary/aromatic N) is 2. The summed E-state index contributed by atoms with van der Waals surface area (Å²) in [6.07, 6.45) is 0. The summed E-state index contributed by atoms with van der Waals surface area (Å²) < 4.78 is 24.2. The summed E-state index contributed by atoms with van der Waals surface area (Å²) in [5.74, 6) is 0.308. The molecule has 0 aliphatic rings. The van der Waals surface area contributed by atoms with E-state index in [1.807, 2.05) is 31.2 Å². The standard InChI is InChI=1S/C16H12ClFN2O2/c1-10-4-2-3-5-12(10)16-19-15(20-22-16)9-21-14-7-6-11(17)8-13(14)18/h2-8H,9H2,1H3. The van der Waals surface area contributed by atoms with Crippen LogP contribution in [0.1, 0.15) is 11.4 Å². The van der Waals surface area contributed by atoms with Crippen LogP contribution < -0.4 is 4.74 Å². The third-order valence-corrected chi connectivity index (χ3v) is 3.33. The quantitative estimate of drug-likeness (QED) is 0.714. The van der Waals surface area contributed by atoms with Gasteiger partial charge < -0.3 is 9.26 Å². The fraction of sp³-hybridized carbons (Fsp3) is 0.125. The predicted octanol–water partition coefficient (Wildman–Crippen LogP) is 4.42. The van der Waals surface area contributed by atoms with Crippen LogP contribution in [0.3, 0.4) is 0 Å². The minimum atomic E-state index is -0.532. The van der Waals surface area contributed by atoms with Gasteiger partial charge >= 0.3 is 0 Å². The Balaban J connectivity index is 1.74. The molecule has 0 aliphatic carbocycles. The molecule has 1 aromatic heterocycles. The molecular weight excluding hydrogens is 307 g/mol. The smallest absolute Gasteiger partial charge is 0.258 e. The van der Waals surface area contributed by atoms with Gasteiger partial charge in [0.2, 0.25) is 5.82 Å². The second kappa shape index (κ2) is 6.15. The molecule has 1 heterocycles. The first-order valence-corrected chi connectivity index (χ1v) is 6.98. The molecule has 6 heteroatoms. The van der Waals surface area contributed by atoms with Crippen LogP contribution in [-0.2, 0) is 6.61 Å². The second-order valence-electron chi connectivity index (χ2n) is 4.69. The number of halogens is 2. The first-order valence-electron chi connectivity index (χ1n) is 6.60. The van der Waals surface area contributed by atoms with Gasteiger partial charge in [-0.15, -0.1) is 0 Å². The summed E-state index contributed by atoms with van der Waals surface area (Å²) in [6.45, 7) is 1.97. The molecule has 0 N–H and O–H groups in total. The van der Waals surface area contributed by atoms with Crippen molar-refractivity contribution in [3.63, 3.8) is 0 Å². The molecule has 22 heavy (non-hydrogen) atoms. The van der Waals surface area contributed by atoms with Crippen LogP contribution in [0.5, 0.6) is 5.75 Å². The third kappa shape index (κ3) is 3.09. The van der Waals surface area contributed by atoms with Crippen molar-refractivity contribution in [1.29, 1.82) is 0 Å². The highest BCUT2D eigenvalue weighted by Crippen LogP contribution is 2.23. The number of aryl methyl sites for hydroxylation is 1. The van der Waals surface area contributed by atoms with Gasteiger partial charge in [0.25, 0.3) is 5.89 Å². The van der Waals surface area contributed by atoms with Crippen molar-refractivity contribution in [3.05, 3.63) is 64.7 Å². The summed E-state index contributed by atoms with van der Waals surface area (Å²) in [7, 11) is 0. The first-order chi connectivity index (χ1) is 10.6. The Kier molecular flexibility index (Phi) is 4.06. The zero-order chi connectivity index (χ0) is 15.5. The van der Waals surface area contributed by atoms with E-state index in [1.54, 1.807) is 6.07 Å². The number of hydrogen-bond donors (Lipinski definition) is 0. The normalized spacial score (nSPS) is 10.7. The highest BCUT2D eigenvalue weighted by Gasteiger charge is 2.12. The average Bonchev–Trinajstić information content (AvgIpc) is 2.95. The van der Waals surface area contributed by atoms with Gasteiger partial charge in [0.1, 0.15) is 0 Å². The number of rotatable bonds is 4. The van der Waals surface area contributed by atoms with E-state index in [0.29, 0.717) is 16.7 Å². The van der Waals surface area contributed by atoms with Crippen molar-refractivity contribution in [3.8, 4) is 17.2 Å². The molecule has 4 nitrogen and oxygen atoms in total. The van der Waals surface area contributed by atoms with E-state index in [0.717, 1.165) is 11.1 Å². The molecule has 0 bridgehead atoms. The Labute approximate surface area is 131 Å². The highest BCUT2D eigenvalue weighted by molar-refractivity contribution is 6.30. The predicted molar refractivity (Wildman–Crippen MR) is 80.2 cm³/mol. The average molecular weight is 319 g/mol. The Bertz CT molecular complexity index is 804. The van der Waals surface area contributed by atoms with Crippen molar-refractivity contribution >= 4 is 11.6 Å². The minimum Gasteiger partial charge on any atom is -0.482 e. The molecule has 0 unspecified atom stereocenters. The van der Waals surface area contributed by atoms with E-state index < -0.39 is 5.82 Å². The Morgan fingerprint density at radius 2 is 2.05 bits per heavy atom. The maximum atomic E-state index is 13.6. The molecular formula is C16H12ClFN2O2. The van der Waals surface area contributed by atoms with Gasteiger partial charge in [0, 0.05) is 10.6 Å². The maximum absolute atomic E-state index is 13.6. The fourth-order valence-electron chi connectivity index (χ4n) is 1.97. The molecule has 112 valence electrons.